The highest BCUT2D eigenvalue weighted by Gasteiger charge is 2.36. The third kappa shape index (κ3) is 3.33. The van der Waals surface area contributed by atoms with Crippen LogP contribution < -0.4 is 0 Å². The lowest BCUT2D eigenvalue weighted by molar-refractivity contribution is -0.152. The molecule has 0 amide bonds. The number of thioether (sulfide) groups is 1. The molecule has 22 heavy (non-hydrogen) atoms. The number of piperidine rings is 1. The van der Waals surface area contributed by atoms with E-state index in [1.807, 2.05) is 0 Å². The van der Waals surface area contributed by atoms with Crippen molar-refractivity contribution in [3.63, 3.8) is 0 Å². The molecule has 1 saturated heterocycles. The molecule has 3 rings (SSSR count). The zero-order chi connectivity index (χ0) is 15.7. The van der Waals surface area contributed by atoms with Crippen LogP contribution in [0.1, 0.15) is 38.7 Å². The topological polar surface area (TPSA) is 29.5 Å². The molecule has 2 aliphatic heterocycles. The monoisotopic (exact) mass is 319 g/mol. The van der Waals surface area contributed by atoms with Crippen LogP contribution in [0.4, 0.5) is 0 Å². The van der Waals surface area contributed by atoms with Gasteiger partial charge in [-0.05, 0) is 50.0 Å². The molecule has 0 N–H and O–H groups in total. The van der Waals surface area contributed by atoms with Crippen molar-refractivity contribution >= 4 is 17.7 Å². The van der Waals surface area contributed by atoms with E-state index in [0.29, 0.717) is 0 Å². The van der Waals surface area contributed by atoms with Gasteiger partial charge in [0, 0.05) is 11.3 Å². The largest absolute Gasteiger partial charge is 0.451 e. The summed E-state index contributed by atoms with van der Waals surface area (Å²) < 4.78 is 5.86. The Hall–Kier alpha value is -1.00. The first-order valence-electron chi connectivity index (χ1n) is 8.11. The van der Waals surface area contributed by atoms with E-state index in [4.69, 9.17) is 4.74 Å². The highest BCUT2D eigenvalue weighted by molar-refractivity contribution is 7.99. The number of esters is 1. The van der Waals surface area contributed by atoms with Crippen LogP contribution in [0.25, 0.3) is 0 Å². The lowest BCUT2D eigenvalue weighted by Crippen LogP contribution is -2.37. The second-order valence-corrected chi connectivity index (χ2v) is 8.35. The number of hydrogen-bond acceptors (Lipinski definition) is 4. The summed E-state index contributed by atoms with van der Waals surface area (Å²) in [5.74, 6) is 0.0814. The number of hydrogen-bond donors (Lipinski definition) is 0. The van der Waals surface area contributed by atoms with Gasteiger partial charge in [0.1, 0.15) is 0 Å². The van der Waals surface area contributed by atoms with E-state index in [2.05, 4.69) is 50.1 Å². The van der Waals surface area contributed by atoms with Crippen molar-refractivity contribution in [2.75, 3.05) is 20.1 Å². The van der Waals surface area contributed by atoms with Gasteiger partial charge in [-0.2, -0.15) is 0 Å². The van der Waals surface area contributed by atoms with Crippen LogP contribution in [0.3, 0.4) is 0 Å². The van der Waals surface area contributed by atoms with E-state index in [1.165, 1.54) is 10.5 Å². The fourth-order valence-electron chi connectivity index (χ4n) is 3.37. The van der Waals surface area contributed by atoms with Crippen molar-refractivity contribution in [2.45, 2.75) is 48.9 Å². The van der Waals surface area contributed by atoms with Gasteiger partial charge >= 0.3 is 5.97 Å². The molecule has 0 radical (unpaired) electrons. The average molecular weight is 319 g/mol. The molecule has 1 fully saturated rings. The smallest absolute Gasteiger partial charge is 0.310 e. The fraction of sp³-hybridized carbons (Fsp3) is 0.611. The predicted octanol–water partition coefficient (Wildman–Crippen LogP) is 3.67. The zero-order valence-electron chi connectivity index (χ0n) is 13.7. The third-order valence-corrected chi connectivity index (χ3v) is 5.99. The summed E-state index contributed by atoms with van der Waals surface area (Å²) in [5.41, 5.74) is 1.36. The average Bonchev–Trinajstić information content (AvgIpc) is 2.47. The summed E-state index contributed by atoms with van der Waals surface area (Å²) in [7, 11) is 2.11. The van der Waals surface area contributed by atoms with Crippen molar-refractivity contribution in [3.05, 3.63) is 29.8 Å². The summed E-state index contributed by atoms with van der Waals surface area (Å²) in [5, 5.41) is 0. The van der Waals surface area contributed by atoms with Crippen molar-refractivity contribution < 1.29 is 9.53 Å². The standard InChI is InChI=1S/C18H25NO2S/c1-18(2)12-16(22-15-7-5-4-6-14(15)18)21-17(20)13-8-10-19(3)11-9-13/h4-7,13,16H,8-12H2,1-3H3. The minimum atomic E-state index is -0.0583. The van der Waals surface area contributed by atoms with Crippen molar-refractivity contribution in [1.29, 1.82) is 0 Å². The molecular formula is C18H25NO2S. The predicted molar refractivity (Wildman–Crippen MR) is 90.0 cm³/mol. The van der Waals surface area contributed by atoms with Crippen LogP contribution in [0.5, 0.6) is 0 Å². The number of carbonyl (C=O) groups excluding carboxylic acids is 1. The molecule has 0 bridgehead atoms. The van der Waals surface area contributed by atoms with Crippen LogP contribution in [0.15, 0.2) is 29.2 Å². The van der Waals surface area contributed by atoms with Crippen LogP contribution in [0.2, 0.25) is 0 Å². The van der Waals surface area contributed by atoms with Crippen molar-refractivity contribution in [1.82, 2.24) is 4.90 Å². The molecule has 0 aliphatic carbocycles. The van der Waals surface area contributed by atoms with Gasteiger partial charge in [0.15, 0.2) is 5.44 Å². The molecule has 1 aromatic rings. The summed E-state index contributed by atoms with van der Waals surface area (Å²) >= 11 is 1.70. The lowest BCUT2D eigenvalue weighted by atomic mass is 9.81. The maximum absolute atomic E-state index is 12.4. The summed E-state index contributed by atoms with van der Waals surface area (Å²) in [4.78, 5) is 16.0. The molecule has 2 heterocycles. The highest BCUT2D eigenvalue weighted by Crippen LogP contribution is 2.45. The molecular weight excluding hydrogens is 294 g/mol. The highest BCUT2D eigenvalue weighted by atomic mass is 32.2. The molecule has 4 heteroatoms. The van der Waals surface area contributed by atoms with Crippen LogP contribution >= 0.6 is 11.8 Å². The van der Waals surface area contributed by atoms with E-state index < -0.39 is 0 Å². The first-order valence-corrected chi connectivity index (χ1v) is 8.99. The van der Waals surface area contributed by atoms with Crippen LogP contribution in [-0.2, 0) is 14.9 Å². The Morgan fingerprint density at radius 1 is 1.27 bits per heavy atom. The van der Waals surface area contributed by atoms with Gasteiger partial charge in [0.2, 0.25) is 0 Å². The SMILES string of the molecule is CN1CCC(C(=O)OC2CC(C)(C)c3ccccc3S2)CC1. The maximum Gasteiger partial charge on any atom is 0.310 e. The van der Waals surface area contributed by atoms with Crippen LogP contribution in [0, 0.1) is 5.92 Å². The molecule has 0 spiro atoms. The van der Waals surface area contributed by atoms with E-state index in [0.717, 1.165) is 32.4 Å². The molecule has 0 saturated carbocycles. The Kier molecular flexibility index (Phi) is 4.51. The maximum atomic E-state index is 12.4. The van der Waals surface area contributed by atoms with E-state index in [1.54, 1.807) is 11.8 Å². The quantitative estimate of drug-likeness (QED) is 0.778. The van der Waals surface area contributed by atoms with Gasteiger partial charge in [-0.1, -0.05) is 43.8 Å². The second kappa shape index (κ2) is 6.25. The van der Waals surface area contributed by atoms with Crippen LogP contribution in [-0.4, -0.2) is 36.4 Å². The molecule has 1 atom stereocenters. The molecule has 1 unspecified atom stereocenters. The Labute approximate surface area is 137 Å². The number of benzene rings is 1. The normalized spacial score (nSPS) is 25.5. The number of likely N-dealkylation sites (tertiary alicyclic amines) is 1. The molecule has 3 nitrogen and oxygen atoms in total. The van der Waals surface area contributed by atoms with Gasteiger partial charge in [0.05, 0.1) is 5.92 Å². The molecule has 2 aliphatic rings. The Morgan fingerprint density at radius 2 is 1.95 bits per heavy atom. The number of rotatable bonds is 2. The molecule has 1 aromatic carbocycles. The zero-order valence-corrected chi connectivity index (χ0v) is 14.5. The minimum Gasteiger partial charge on any atom is -0.451 e. The van der Waals surface area contributed by atoms with Gasteiger partial charge < -0.3 is 9.64 Å². The lowest BCUT2D eigenvalue weighted by Gasteiger charge is -2.37. The van der Waals surface area contributed by atoms with Gasteiger partial charge in [-0.15, -0.1) is 0 Å². The summed E-state index contributed by atoms with van der Waals surface area (Å²) in [6.07, 6.45) is 2.73. The second-order valence-electron chi connectivity index (χ2n) is 7.15. The summed E-state index contributed by atoms with van der Waals surface area (Å²) in [6, 6.07) is 8.48. The van der Waals surface area contributed by atoms with E-state index in [9.17, 15) is 4.79 Å². The number of nitrogens with zero attached hydrogens (tertiary/aromatic N) is 1. The van der Waals surface area contributed by atoms with Gasteiger partial charge in [-0.3, -0.25) is 4.79 Å². The fourth-order valence-corrected chi connectivity index (χ4v) is 4.93. The first-order chi connectivity index (χ1) is 10.5. The minimum absolute atomic E-state index is 0.000723. The van der Waals surface area contributed by atoms with Gasteiger partial charge in [0.25, 0.3) is 0 Å². The first kappa shape index (κ1) is 15.9. The molecule has 0 aromatic heterocycles. The number of ether oxygens (including phenoxy) is 1. The Morgan fingerprint density at radius 3 is 2.68 bits per heavy atom. The van der Waals surface area contributed by atoms with Crippen molar-refractivity contribution in [2.24, 2.45) is 5.92 Å². The van der Waals surface area contributed by atoms with E-state index in [-0.39, 0.29) is 22.7 Å². The molecule has 120 valence electrons. The van der Waals surface area contributed by atoms with E-state index >= 15 is 0 Å². The Balaban J connectivity index is 1.66. The van der Waals surface area contributed by atoms with Crippen molar-refractivity contribution in [3.8, 4) is 0 Å². The summed E-state index contributed by atoms with van der Waals surface area (Å²) in [6.45, 7) is 6.46. The third-order valence-electron chi connectivity index (χ3n) is 4.85. The Bertz CT molecular complexity index is 550. The van der Waals surface area contributed by atoms with Gasteiger partial charge in [-0.25, -0.2) is 0 Å². The number of fused-ring (bicyclic) bond motifs is 1. The number of carbonyl (C=O) groups is 1.